The topological polar surface area (TPSA) is 51.7 Å². The van der Waals surface area contributed by atoms with Crippen LogP contribution in [0.4, 0.5) is 4.39 Å². The maximum atomic E-state index is 14.0. The van der Waals surface area contributed by atoms with Gasteiger partial charge in [-0.05, 0) is 86.2 Å². The molecule has 1 aromatic heterocycles. The second-order valence-electron chi connectivity index (χ2n) is 10.1. The summed E-state index contributed by atoms with van der Waals surface area (Å²) in [5, 5.41) is 1.77. The number of fused-ring (bicyclic) bond motifs is 2. The van der Waals surface area contributed by atoms with Crippen molar-refractivity contribution in [1.82, 2.24) is 9.88 Å². The van der Waals surface area contributed by atoms with Gasteiger partial charge in [-0.15, -0.1) is 0 Å². The van der Waals surface area contributed by atoms with Crippen molar-refractivity contribution < 1.29 is 18.7 Å². The van der Waals surface area contributed by atoms with Gasteiger partial charge < -0.3 is 14.4 Å². The van der Waals surface area contributed by atoms with Crippen molar-refractivity contribution in [2.24, 2.45) is 0 Å². The molecule has 1 amide bonds. The number of carbonyl (C=O) groups excluding carboxylic acids is 1. The molecule has 0 saturated heterocycles. The number of rotatable bonds is 5. The van der Waals surface area contributed by atoms with E-state index in [1.807, 2.05) is 75.4 Å². The second kappa shape index (κ2) is 9.61. The zero-order valence-electron chi connectivity index (χ0n) is 20.7. The van der Waals surface area contributed by atoms with E-state index in [1.54, 1.807) is 23.2 Å². The maximum absolute atomic E-state index is 14.0. The van der Waals surface area contributed by atoms with Crippen LogP contribution >= 0.6 is 0 Å². The van der Waals surface area contributed by atoms with Crippen LogP contribution in [-0.4, -0.2) is 34.0 Å². The first-order valence-corrected chi connectivity index (χ1v) is 12.1. The smallest absolute Gasteiger partial charge is 0.273 e. The third-order valence-electron chi connectivity index (χ3n) is 6.23. The number of hydrogen-bond donors (Lipinski definition) is 0. The van der Waals surface area contributed by atoms with Crippen LogP contribution in [0.2, 0.25) is 0 Å². The third kappa shape index (κ3) is 5.18. The number of benzene rings is 3. The fraction of sp³-hybridized carbons (Fsp3) is 0.267. The molecule has 5 nitrogen and oxygen atoms in total. The Labute approximate surface area is 210 Å². The zero-order valence-corrected chi connectivity index (χ0v) is 20.7. The Morgan fingerprint density at radius 3 is 2.53 bits per heavy atom. The lowest BCUT2D eigenvalue weighted by molar-refractivity contribution is 0.0562. The van der Waals surface area contributed by atoms with Gasteiger partial charge in [0, 0.05) is 18.1 Å². The summed E-state index contributed by atoms with van der Waals surface area (Å²) in [6, 6.07) is 21.5. The average molecular weight is 485 g/mol. The Hall–Kier alpha value is -3.93. The molecule has 1 atom stereocenters. The van der Waals surface area contributed by atoms with Crippen LogP contribution in [0.5, 0.6) is 11.5 Å². The molecule has 0 N–H and O–H groups in total. The average Bonchev–Trinajstić information content (AvgIpc) is 2.86. The van der Waals surface area contributed by atoms with Gasteiger partial charge in [-0.25, -0.2) is 4.39 Å². The lowest BCUT2D eigenvalue weighted by atomic mass is 9.93. The number of ether oxygens (including phenoxy) is 2. The maximum Gasteiger partial charge on any atom is 0.273 e. The van der Waals surface area contributed by atoms with Gasteiger partial charge in [0.15, 0.2) is 0 Å². The highest BCUT2D eigenvalue weighted by atomic mass is 19.1. The van der Waals surface area contributed by atoms with Gasteiger partial charge in [-0.3, -0.25) is 9.78 Å². The van der Waals surface area contributed by atoms with Crippen LogP contribution in [0.3, 0.4) is 0 Å². The molecule has 1 aliphatic rings. The molecule has 3 aromatic carbocycles. The number of aromatic nitrogens is 1. The summed E-state index contributed by atoms with van der Waals surface area (Å²) >= 11 is 0. The molecule has 0 radical (unpaired) electrons. The van der Waals surface area contributed by atoms with Crippen molar-refractivity contribution in [2.75, 3.05) is 6.61 Å². The van der Waals surface area contributed by atoms with Crippen molar-refractivity contribution in [3.8, 4) is 11.5 Å². The van der Waals surface area contributed by atoms with Crippen LogP contribution < -0.4 is 9.47 Å². The number of halogens is 1. The first kappa shape index (κ1) is 23.8. The SMILES string of the molecule is CC(C)(C)Oc1ccc(OC[C@@H]2Cc3cc(F)ccc3CN2C(=O)c2nccc3ccccc23)cc1. The zero-order chi connectivity index (χ0) is 25.3. The first-order chi connectivity index (χ1) is 17.3. The Kier molecular flexibility index (Phi) is 6.35. The molecule has 0 spiro atoms. The first-order valence-electron chi connectivity index (χ1n) is 12.1. The molecule has 0 bridgehead atoms. The van der Waals surface area contributed by atoms with Crippen LogP contribution in [0.15, 0.2) is 79.0 Å². The highest BCUT2D eigenvalue weighted by Gasteiger charge is 2.32. The molecule has 1 aliphatic heterocycles. The summed E-state index contributed by atoms with van der Waals surface area (Å²) < 4.78 is 26.0. The number of hydrogen-bond acceptors (Lipinski definition) is 4. The molecule has 36 heavy (non-hydrogen) atoms. The van der Waals surface area contributed by atoms with Crippen LogP contribution in [0, 0.1) is 5.82 Å². The number of pyridine rings is 1. The lowest BCUT2D eigenvalue weighted by Gasteiger charge is -2.36. The van der Waals surface area contributed by atoms with Gasteiger partial charge in [0.2, 0.25) is 0 Å². The van der Waals surface area contributed by atoms with Crippen LogP contribution in [0.1, 0.15) is 42.4 Å². The Morgan fingerprint density at radius 2 is 1.75 bits per heavy atom. The molecular formula is C30H29FN2O3. The minimum Gasteiger partial charge on any atom is -0.491 e. The molecule has 4 aromatic rings. The van der Waals surface area contributed by atoms with Gasteiger partial charge in [0.1, 0.15) is 35.2 Å². The van der Waals surface area contributed by atoms with Crippen molar-refractivity contribution in [1.29, 1.82) is 0 Å². The van der Waals surface area contributed by atoms with E-state index in [2.05, 4.69) is 4.98 Å². The van der Waals surface area contributed by atoms with E-state index in [9.17, 15) is 9.18 Å². The number of amides is 1. The van der Waals surface area contributed by atoms with Gasteiger partial charge in [0.25, 0.3) is 5.91 Å². The van der Waals surface area contributed by atoms with E-state index in [0.717, 1.165) is 27.6 Å². The van der Waals surface area contributed by atoms with Gasteiger partial charge in [0.05, 0.1) is 6.04 Å². The Balaban J connectivity index is 1.41. The highest BCUT2D eigenvalue weighted by molar-refractivity contribution is 6.05. The van der Waals surface area contributed by atoms with E-state index < -0.39 is 0 Å². The molecule has 2 heterocycles. The van der Waals surface area contributed by atoms with Crippen LogP contribution in [0.25, 0.3) is 10.8 Å². The van der Waals surface area contributed by atoms with Gasteiger partial charge in [-0.2, -0.15) is 0 Å². The molecule has 0 unspecified atom stereocenters. The van der Waals surface area contributed by atoms with Gasteiger partial charge in [-0.1, -0.05) is 30.3 Å². The van der Waals surface area contributed by atoms with Crippen molar-refractivity contribution in [2.45, 2.75) is 45.4 Å². The molecule has 6 heteroatoms. The van der Waals surface area contributed by atoms with Crippen molar-refractivity contribution >= 4 is 16.7 Å². The molecule has 0 saturated carbocycles. The Bertz CT molecular complexity index is 1390. The summed E-state index contributed by atoms with van der Waals surface area (Å²) in [6.45, 7) is 6.63. The van der Waals surface area contributed by atoms with E-state index in [0.29, 0.717) is 24.4 Å². The molecular weight excluding hydrogens is 455 g/mol. The number of carbonyl (C=O) groups is 1. The fourth-order valence-corrected chi connectivity index (χ4v) is 4.58. The molecule has 5 rings (SSSR count). The second-order valence-corrected chi connectivity index (χ2v) is 10.1. The summed E-state index contributed by atoms with van der Waals surface area (Å²) in [6.07, 6.45) is 2.16. The summed E-state index contributed by atoms with van der Waals surface area (Å²) in [5.41, 5.74) is 1.95. The summed E-state index contributed by atoms with van der Waals surface area (Å²) in [4.78, 5) is 20.0. The van der Waals surface area contributed by atoms with Crippen molar-refractivity contribution in [3.63, 3.8) is 0 Å². The van der Waals surface area contributed by atoms with E-state index in [-0.39, 0.29) is 30.0 Å². The fourth-order valence-electron chi connectivity index (χ4n) is 4.58. The predicted molar refractivity (Wildman–Crippen MR) is 138 cm³/mol. The summed E-state index contributed by atoms with van der Waals surface area (Å²) in [5.74, 6) is 0.996. The Morgan fingerprint density at radius 1 is 1.00 bits per heavy atom. The van der Waals surface area contributed by atoms with E-state index in [4.69, 9.17) is 9.47 Å². The largest absolute Gasteiger partial charge is 0.491 e. The third-order valence-corrected chi connectivity index (χ3v) is 6.23. The molecule has 0 aliphatic carbocycles. The molecule has 184 valence electrons. The lowest BCUT2D eigenvalue weighted by Crippen LogP contribution is -2.47. The predicted octanol–water partition coefficient (Wildman–Crippen LogP) is 6.20. The standard InChI is InChI=1S/C30H29FN2O3/c1-30(2,3)36-26-12-10-25(11-13-26)35-19-24-17-22-16-23(31)9-8-21(22)18-33(24)29(34)28-27-7-5-4-6-20(27)14-15-32-28/h4-16,24H,17-19H2,1-3H3/t24-/m0/s1. The van der Waals surface area contributed by atoms with Gasteiger partial charge >= 0.3 is 0 Å². The minimum absolute atomic E-state index is 0.163. The monoisotopic (exact) mass is 484 g/mol. The van der Waals surface area contributed by atoms with Crippen molar-refractivity contribution in [3.05, 3.63) is 102 Å². The highest BCUT2D eigenvalue weighted by Crippen LogP contribution is 2.29. The normalized spacial score (nSPS) is 15.4. The quantitative estimate of drug-likeness (QED) is 0.339. The molecule has 0 fully saturated rings. The minimum atomic E-state index is -0.288. The summed E-state index contributed by atoms with van der Waals surface area (Å²) in [7, 11) is 0. The van der Waals surface area contributed by atoms with E-state index >= 15 is 0 Å². The number of nitrogens with zero attached hydrogens (tertiary/aromatic N) is 2. The van der Waals surface area contributed by atoms with E-state index in [1.165, 1.54) is 6.07 Å². The van der Waals surface area contributed by atoms with Crippen LogP contribution in [-0.2, 0) is 13.0 Å².